The molecule has 0 aliphatic rings. The van der Waals surface area contributed by atoms with Crippen molar-refractivity contribution in [1.29, 1.82) is 0 Å². The summed E-state index contributed by atoms with van der Waals surface area (Å²) in [5, 5.41) is 11.6. The SMILES string of the molecule is Cc1cccc(NC(=S)NC(Cn2cccn2)C(C)(C)C)c1. The van der Waals surface area contributed by atoms with Crippen LogP contribution in [0.3, 0.4) is 0 Å². The molecule has 0 aliphatic carbocycles. The van der Waals surface area contributed by atoms with Crippen molar-refractivity contribution in [3.8, 4) is 0 Å². The average molecular weight is 316 g/mol. The van der Waals surface area contributed by atoms with E-state index in [1.165, 1.54) is 5.56 Å². The lowest BCUT2D eigenvalue weighted by Gasteiger charge is -2.32. The van der Waals surface area contributed by atoms with Gasteiger partial charge in [-0.1, -0.05) is 32.9 Å². The minimum absolute atomic E-state index is 0.0598. The van der Waals surface area contributed by atoms with Gasteiger partial charge in [0.1, 0.15) is 0 Å². The van der Waals surface area contributed by atoms with Crippen LogP contribution < -0.4 is 10.6 Å². The van der Waals surface area contributed by atoms with Gasteiger partial charge in [0.15, 0.2) is 5.11 Å². The highest BCUT2D eigenvalue weighted by Gasteiger charge is 2.25. The maximum Gasteiger partial charge on any atom is 0.171 e. The fourth-order valence-electron chi connectivity index (χ4n) is 2.18. The van der Waals surface area contributed by atoms with Crippen LogP contribution in [0.2, 0.25) is 0 Å². The maximum atomic E-state index is 5.47. The van der Waals surface area contributed by atoms with E-state index < -0.39 is 0 Å². The van der Waals surface area contributed by atoms with Crippen LogP contribution in [0.1, 0.15) is 26.3 Å². The van der Waals surface area contributed by atoms with E-state index in [2.05, 4.69) is 55.6 Å². The van der Waals surface area contributed by atoms with Crippen molar-refractivity contribution in [3.63, 3.8) is 0 Å². The third-order valence-electron chi connectivity index (χ3n) is 3.56. The standard InChI is InChI=1S/C17H24N4S/c1-13-7-5-8-14(11-13)19-16(22)20-15(17(2,3)4)12-21-10-6-9-18-21/h5-11,15H,12H2,1-4H3,(H2,19,20,22). The zero-order valence-electron chi connectivity index (χ0n) is 13.6. The largest absolute Gasteiger partial charge is 0.357 e. The summed E-state index contributed by atoms with van der Waals surface area (Å²) in [7, 11) is 0. The first-order valence-corrected chi connectivity index (χ1v) is 7.87. The van der Waals surface area contributed by atoms with Gasteiger partial charge in [0.05, 0.1) is 12.6 Å². The Morgan fingerprint density at radius 2 is 2.09 bits per heavy atom. The van der Waals surface area contributed by atoms with E-state index in [-0.39, 0.29) is 11.5 Å². The molecule has 0 saturated carbocycles. The number of nitrogens with one attached hydrogen (secondary N) is 2. The van der Waals surface area contributed by atoms with Crippen molar-refractivity contribution in [1.82, 2.24) is 15.1 Å². The van der Waals surface area contributed by atoms with Crippen LogP contribution >= 0.6 is 12.2 Å². The third kappa shape index (κ3) is 4.84. The Bertz CT molecular complexity index is 614. The summed E-state index contributed by atoms with van der Waals surface area (Å²) >= 11 is 5.47. The van der Waals surface area contributed by atoms with Gasteiger partial charge < -0.3 is 10.6 Å². The molecular formula is C17H24N4S. The molecule has 0 fully saturated rings. The summed E-state index contributed by atoms with van der Waals surface area (Å²) in [4.78, 5) is 0. The second kappa shape index (κ2) is 6.92. The predicted octanol–water partition coefficient (Wildman–Crippen LogP) is 3.59. The zero-order valence-corrected chi connectivity index (χ0v) is 14.4. The van der Waals surface area contributed by atoms with Gasteiger partial charge in [0, 0.05) is 18.1 Å². The molecule has 2 aromatic rings. The lowest BCUT2D eigenvalue weighted by Crippen LogP contribution is -2.48. The van der Waals surface area contributed by atoms with E-state index in [1.54, 1.807) is 6.20 Å². The molecule has 1 unspecified atom stereocenters. The Hall–Kier alpha value is -1.88. The first-order chi connectivity index (χ1) is 10.3. The van der Waals surface area contributed by atoms with E-state index in [0.29, 0.717) is 5.11 Å². The zero-order chi connectivity index (χ0) is 16.2. The molecule has 2 N–H and O–H groups in total. The van der Waals surface area contributed by atoms with Crippen molar-refractivity contribution in [3.05, 3.63) is 48.3 Å². The van der Waals surface area contributed by atoms with Crippen LogP contribution in [-0.2, 0) is 6.54 Å². The molecule has 1 heterocycles. The molecule has 0 bridgehead atoms. The molecule has 0 spiro atoms. The molecule has 0 saturated heterocycles. The smallest absolute Gasteiger partial charge is 0.171 e. The highest BCUT2D eigenvalue weighted by atomic mass is 32.1. The quantitative estimate of drug-likeness (QED) is 0.846. The highest BCUT2D eigenvalue weighted by molar-refractivity contribution is 7.80. The minimum atomic E-state index is 0.0598. The van der Waals surface area contributed by atoms with Crippen LogP contribution in [0.15, 0.2) is 42.7 Å². The van der Waals surface area contributed by atoms with Gasteiger partial charge in [-0.25, -0.2) is 0 Å². The van der Waals surface area contributed by atoms with Crippen molar-refractivity contribution >= 4 is 23.0 Å². The summed E-state index contributed by atoms with van der Waals surface area (Å²) in [5.74, 6) is 0. The first kappa shape index (κ1) is 16.5. The van der Waals surface area contributed by atoms with Crippen LogP contribution in [0.25, 0.3) is 0 Å². The number of aryl methyl sites for hydroxylation is 1. The second-order valence-electron chi connectivity index (χ2n) is 6.61. The minimum Gasteiger partial charge on any atom is -0.357 e. The fourth-order valence-corrected chi connectivity index (χ4v) is 2.44. The monoisotopic (exact) mass is 316 g/mol. The summed E-state index contributed by atoms with van der Waals surface area (Å²) in [6.07, 6.45) is 3.76. The molecular weight excluding hydrogens is 292 g/mol. The molecule has 1 aromatic heterocycles. The lowest BCUT2D eigenvalue weighted by atomic mass is 9.87. The van der Waals surface area contributed by atoms with Crippen molar-refractivity contribution in [2.45, 2.75) is 40.3 Å². The molecule has 118 valence electrons. The number of hydrogen-bond donors (Lipinski definition) is 2. The van der Waals surface area contributed by atoms with Gasteiger partial charge in [-0.15, -0.1) is 0 Å². The van der Waals surface area contributed by atoms with Crippen molar-refractivity contribution < 1.29 is 0 Å². The molecule has 22 heavy (non-hydrogen) atoms. The number of thiocarbonyl (C=S) groups is 1. The number of anilines is 1. The molecule has 1 aromatic carbocycles. The van der Waals surface area contributed by atoms with Gasteiger partial charge in [-0.05, 0) is 48.3 Å². The van der Waals surface area contributed by atoms with Crippen molar-refractivity contribution in [2.75, 3.05) is 5.32 Å². The van der Waals surface area contributed by atoms with E-state index in [4.69, 9.17) is 12.2 Å². The van der Waals surface area contributed by atoms with E-state index >= 15 is 0 Å². The number of benzene rings is 1. The summed E-state index contributed by atoms with van der Waals surface area (Å²) in [5.41, 5.74) is 2.27. The summed E-state index contributed by atoms with van der Waals surface area (Å²) < 4.78 is 1.93. The molecule has 0 aliphatic heterocycles. The van der Waals surface area contributed by atoms with Crippen LogP contribution in [0, 0.1) is 12.3 Å². The molecule has 0 radical (unpaired) electrons. The molecule has 0 amide bonds. The van der Waals surface area contributed by atoms with E-state index in [1.807, 2.05) is 29.1 Å². The summed E-state index contributed by atoms with van der Waals surface area (Å²) in [6.45, 7) is 9.43. The number of nitrogens with zero attached hydrogens (tertiary/aromatic N) is 2. The van der Waals surface area contributed by atoms with Crippen LogP contribution in [-0.4, -0.2) is 20.9 Å². The fraction of sp³-hybridized carbons (Fsp3) is 0.412. The Morgan fingerprint density at radius 1 is 1.32 bits per heavy atom. The van der Waals surface area contributed by atoms with Gasteiger partial charge >= 0.3 is 0 Å². The van der Waals surface area contributed by atoms with Gasteiger partial charge in [-0.3, -0.25) is 4.68 Å². The predicted molar refractivity (Wildman–Crippen MR) is 96.0 cm³/mol. The van der Waals surface area contributed by atoms with Crippen molar-refractivity contribution in [2.24, 2.45) is 5.41 Å². The Kier molecular flexibility index (Phi) is 5.19. The van der Waals surface area contributed by atoms with Crippen LogP contribution in [0.4, 0.5) is 5.69 Å². The van der Waals surface area contributed by atoms with Gasteiger partial charge in [-0.2, -0.15) is 5.10 Å². The second-order valence-corrected chi connectivity index (χ2v) is 7.02. The average Bonchev–Trinajstić information content (AvgIpc) is 2.89. The highest BCUT2D eigenvalue weighted by Crippen LogP contribution is 2.21. The lowest BCUT2D eigenvalue weighted by molar-refractivity contribution is 0.262. The van der Waals surface area contributed by atoms with E-state index in [0.717, 1.165) is 12.2 Å². The number of rotatable bonds is 4. The van der Waals surface area contributed by atoms with Gasteiger partial charge in [0.2, 0.25) is 0 Å². The molecule has 1 atom stereocenters. The molecule has 4 nitrogen and oxygen atoms in total. The topological polar surface area (TPSA) is 41.9 Å². The molecule has 5 heteroatoms. The third-order valence-corrected chi connectivity index (χ3v) is 3.78. The van der Waals surface area contributed by atoms with Crippen LogP contribution in [0.5, 0.6) is 0 Å². The number of hydrogen-bond acceptors (Lipinski definition) is 2. The first-order valence-electron chi connectivity index (χ1n) is 7.46. The van der Waals surface area contributed by atoms with E-state index in [9.17, 15) is 0 Å². The number of aromatic nitrogens is 2. The normalized spacial score (nSPS) is 12.7. The Labute approximate surface area is 137 Å². The Morgan fingerprint density at radius 3 is 2.68 bits per heavy atom. The van der Waals surface area contributed by atoms with Gasteiger partial charge in [0.25, 0.3) is 0 Å². The maximum absolute atomic E-state index is 5.47. The molecule has 2 rings (SSSR count). The summed E-state index contributed by atoms with van der Waals surface area (Å²) in [6, 6.07) is 10.3. The Balaban J connectivity index is 2.02.